The van der Waals surface area contributed by atoms with E-state index < -0.39 is 0 Å². The Hall–Kier alpha value is -2.09. The molecule has 0 aliphatic heterocycles. The number of aliphatic hydroxyl groups is 2. The molecule has 1 heterocycles. The summed E-state index contributed by atoms with van der Waals surface area (Å²) >= 11 is 0. The second-order valence-electron chi connectivity index (χ2n) is 7.12. The van der Waals surface area contributed by atoms with Crippen molar-refractivity contribution in [2.24, 2.45) is 5.92 Å². The Labute approximate surface area is 158 Å². The van der Waals surface area contributed by atoms with Gasteiger partial charge in [0.1, 0.15) is 5.82 Å². The van der Waals surface area contributed by atoms with Crippen molar-refractivity contribution in [3.8, 4) is 11.3 Å². The molecule has 0 radical (unpaired) electrons. The first-order chi connectivity index (χ1) is 12.8. The number of aryl methyl sites for hydroxylation is 1. The molecule has 1 aromatic carbocycles. The van der Waals surface area contributed by atoms with Crippen molar-refractivity contribution in [3.05, 3.63) is 51.6 Å². The van der Waals surface area contributed by atoms with E-state index in [9.17, 15) is 19.4 Å². The Balaban J connectivity index is 2.50. The zero-order valence-corrected chi connectivity index (χ0v) is 16.2. The van der Waals surface area contributed by atoms with Crippen molar-refractivity contribution in [2.75, 3.05) is 26.3 Å². The first-order valence-corrected chi connectivity index (χ1v) is 9.17. The molecule has 0 atom stereocenters. The van der Waals surface area contributed by atoms with Gasteiger partial charge < -0.3 is 10.2 Å². The van der Waals surface area contributed by atoms with Gasteiger partial charge in [0.25, 0.3) is 5.56 Å². The topological polar surface area (TPSA) is 78.6 Å². The molecule has 0 saturated carbocycles. The molecular formula is C20H28FN3O3. The van der Waals surface area contributed by atoms with Gasteiger partial charge in [0.2, 0.25) is 0 Å². The molecule has 0 aliphatic carbocycles. The Morgan fingerprint density at radius 2 is 1.85 bits per heavy atom. The van der Waals surface area contributed by atoms with E-state index in [0.717, 1.165) is 0 Å². The van der Waals surface area contributed by atoms with Crippen LogP contribution >= 0.6 is 0 Å². The molecule has 0 bridgehead atoms. The lowest BCUT2D eigenvalue weighted by atomic mass is 10.1. The number of nitrogens with zero attached hydrogens (tertiary/aromatic N) is 3. The minimum absolute atomic E-state index is 0.0682. The van der Waals surface area contributed by atoms with E-state index in [1.165, 1.54) is 10.7 Å². The molecule has 0 spiro atoms. The van der Waals surface area contributed by atoms with Crippen LogP contribution in [0.5, 0.6) is 0 Å². The van der Waals surface area contributed by atoms with Crippen LogP contribution in [0.1, 0.15) is 25.0 Å². The second kappa shape index (κ2) is 9.73. The zero-order valence-electron chi connectivity index (χ0n) is 16.2. The molecule has 0 saturated heterocycles. The molecule has 2 rings (SSSR count). The van der Waals surface area contributed by atoms with Gasteiger partial charge in [-0.15, -0.1) is 0 Å². The Kier molecular flexibility index (Phi) is 7.65. The number of aliphatic hydroxyl groups excluding tert-OH is 2. The maximum Gasteiger partial charge on any atom is 0.271 e. The quantitative estimate of drug-likeness (QED) is 0.697. The van der Waals surface area contributed by atoms with Crippen molar-refractivity contribution < 1.29 is 14.6 Å². The van der Waals surface area contributed by atoms with Gasteiger partial charge in [-0.3, -0.25) is 9.69 Å². The van der Waals surface area contributed by atoms with E-state index in [1.807, 2.05) is 13.8 Å². The number of hydrogen-bond acceptors (Lipinski definition) is 5. The molecular weight excluding hydrogens is 349 g/mol. The molecule has 0 amide bonds. The zero-order chi connectivity index (χ0) is 20.0. The van der Waals surface area contributed by atoms with E-state index in [2.05, 4.69) is 5.10 Å². The van der Waals surface area contributed by atoms with E-state index in [1.54, 1.807) is 30.0 Å². The predicted octanol–water partition coefficient (Wildman–Crippen LogP) is 1.80. The van der Waals surface area contributed by atoms with E-state index >= 15 is 0 Å². The molecule has 2 aromatic rings. The van der Waals surface area contributed by atoms with Crippen molar-refractivity contribution in [1.82, 2.24) is 14.7 Å². The maximum absolute atomic E-state index is 14.0. The highest BCUT2D eigenvalue weighted by Crippen LogP contribution is 2.20. The smallest absolute Gasteiger partial charge is 0.271 e. The van der Waals surface area contributed by atoms with Gasteiger partial charge in [0, 0.05) is 37.3 Å². The number of hydrogen-bond donors (Lipinski definition) is 2. The summed E-state index contributed by atoms with van der Waals surface area (Å²) in [5.41, 5.74) is 1.97. The van der Waals surface area contributed by atoms with Gasteiger partial charge in [-0.25, -0.2) is 9.07 Å². The van der Waals surface area contributed by atoms with E-state index in [-0.39, 0.29) is 37.1 Å². The summed E-state index contributed by atoms with van der Waals surface area (Å²) < 4.78 is 15.4. The highest BCUT2D eigenvalue weighted by atomic mass is 19.1. The lowest BCUT2D eigenvalue weighted by molar-refractivity contribution is 0.155. The fourth-order valence-corrected chi connectivity index (χ4v) is 2.87. The first kappa shape index (κ1) is 21.2. The Bertz CT molecular complexity index is 815. The molecule has 6 nitrogen and oxygen atoms in total. The molecule has 0 unspecified atom stereocenters. The lowest BCUT2D eigenvalue weighted by Crippen LogP contribution is -2.35. The van der Waals surface area contributed by atoms with Crippen LogP contribution in [0.2, 0.25) is 0 Å². The summed E-state index contributed by atoms with van der Waals surface area (Å²) in [6.45, 7) is 6.98. The van der Waals surface area contributed by atoms with Gasteiger partial charge in [-0.05, 0) is 30.5 Å². The van der Waals surface area contributed by atoms with Crippen LogP contribution in [-0.2, 0) is 13.1 Å². The van der Waals surface area contributed by atoms with Gasteiger partial charge in [-0.1, -0.05) is 26.0 Å². The van der Waals surface area contributed by atoms with Gasteiger partial charge in [0.05, 0.1) is 18.9 Å². The molecule has 0 aliphatic rings. The van der Waals surface area contributed by atoms with Crippen LogP contribution in [0.15, 0.2) is 29.1 Å². The molecule has 2 N–H and O–H groups in total. The Morgan fingerprint density at radius 1 is 1.19 bits per heavy atom. The standard InChI is InChI=1S/C20H28FN3O3/c1-14(2)12-24-20(27)17(13-23(6-8-25)7-9-26)11-19(22-24)16-5-4-15(3)18(21)10-16/h4-5,10-11,14,25-26H,6-9,12-13H2,1-3H3. The fraction of sp³-hybridized carbons (Fsp3) is 0.500. The van der Waals surface area contributed by atoms with Crippen molar-refractivity contribution in [1.29, 1.82) is 0 Å². The van der Waals surface area contributed by atoms with Crippen LogP contribution in [0.4, 0.5) is 4.39 Å². The lowest BCUT2D eigenvalue weighted by Gasteiger charge is -2.21. The van der Waals surface area contributed by atoms with Crippen molar-refractivity contribution >= 4 is 0 Å². The normalized spacial score (nSPS) is 11.6. The van der Waals surface area contributed by atoms with Crippen LogP contribution in [0.25, 0.3) is 11.3 Å². The highest BCUT2D eigenvalue weighted by molar-refractivity contribution is 5.59. The number of benzene rings is 1. The third kappa shape index (κ3) is 5.69. The summed E-state index contributed by atoms with van der Waals surface area (Å²) in [6, 6.07) is 6.57. The summed E-state index contributed by atoms with van der Waals surface area (Å²) in [4.78, 5) is 14.6. The summed E-state index contributed by atoms with van der Waals surface area (Å²) in [5, 5.41) is 22.9. The molecule has 1 aromatic heterocycles. The predicted molar refractivity (Wildman–Crippen MR) is 103 cm³/mol. The largest absolute Gasteiger partial charge is 0.395 e. The van der Waals surface area contributed by atoms with Crippen LogP contribution < -0.4 is 5.56 Å². The fourth-order valence-electron chi connectivity index (χ4n) is 2.87. The first-order valence-electron chi connectivity index (χ1n) is 9.17. The number of halogens is 1. The molecule has 7 heteroatoms. The van der Waals surface area contributed by atoms with Gasteiger partial charge in [0.15, 0.2) is 0 Å². The average molecular weight is 377 g/mol. The second-order valence-corrected chi connectivity index (χ2v) is 7.12. The monoisotopic (exact) mass is 377 g/mol. The highest BCUT2D eigenvalue weighted by Gasteiger charge is 2.15. The van der Waals surface area contributed by atoms with Gasteiger partial charge >= 0.3 is 0 Å². The summed E-state index contributed by atoms with van der Waals surface area (Å²) in [6.07, 6.45) is 0. The third-order valence-electron chi connectivity index (χ3n) is 4.28. The van der Waals surface area contributed by atoms with Gasteiger partial charge in [-0.2, -0.15) is 5.10 Å². The Morgan fingerprint density at radius 3 is 2.41 bits per heavy atom. The minimum atomic E-state index is -0.320. The third-order valence-corrected chi connectivity index (χ3v) is 4.28. The minimum Gasteiger partial charge on any atom is -0.395 e. The molecule has 148 valence electrons. The summed E-state index contributed by atoms with van der Waals surface area (Å²) in [5.74, 6) is -0.0984. The number of rotatable bonds is 9. The molecule has 27 heavy (non-hydrogen) atoms. The number of aromatic nitrogens is 2. The SMILES string of the molecule is Cc1ccc(-c2cc(CN(CCO)CCO)c(=O)n(CC(C)C)n2)cc1F. The van der Waals surface area contributed by atoms with Crippen LogP contribution in [-0.4, -0.2) is 51.2 Å². The van der Waals surface area contributed by atoms with Crippen molar-refractivity contribution in [2.45, 2.75) is 33.9 Å². The molecule has 0 fully saturated rings. The van der Waals surface area contributed by atoms with Crippen LogP contribution in [0.3, 0.4) is 0 Å². The average Bonchev–Trinajstić information content (AvgIpc) is 2.60. The summed E-state index contributed by atoms with van der Waals surface area (Å²) in [7, 11) is 0. The van der Waals surface area contributed by atoms with Crippen molar-refractivity contribution in [3.63, 3.8) is 0 Å². The van der Waals surface area contributed by atoms with E-state index in [4.69, 9.17) is 0 Å². The maximum atomic E-state index is 14.0. The van der Waals surface area contributed by atoms with Crippen LogP contribution in [0, 0.1) is 18.7 Å². The van der Waals surface area contributed by atoms with E-state index in [0.29, 0.717) is 42.0 Å².